The molecule has 0 bridgehead atoms. The van der Waals surface area contributed by atoms with E-state index in [1.807, 2.05) is 74.1 Å². The van der Waals surface area contributed by atoms with Crippen LogP contribution in [0.1, 0.15) is 39.5 Å². The van der Waals surface area contributed by atoms with Gasteiger partial charge in [0.1, 0.15) is 41.9 Å². The first kappa shape index (κ1) is 20.7. The fourth-order valence-electron chi connectivity index (χ4n) is 3.38. The third kappa shape index (κ3) is 5.34. The first-order valence-electron chi connectivity index (χ1n) is 10.3. The van der Waals surface area contributed by atoms with Crippen LogP contribution >= 0.6 is 0 Å². The lowest BCUT2D eigenvalue weighted by molar-refractivity contribution is 0.287. The van der Waals surface area contributed by atoms with Gasteiger partial charge in [0.2, 0.25) is 0 Å². The Kier molecular flexibility index (Phi) is 6.07. The van der Waals surface area contributed by atoms with E-state index in [1.165, 1.54) is 5.56 Å². The fraction of sp³-hybridized carbons (Fsp3) is 0.280. The number of aryl methyl sites for hydroxylation is 4. The van der Waals surface area contributed by atoms with Crippen LogP contribution in [-0.4, -0.2) is 14.9 Å². The molecule has 4 rings (SSSR count). The minimum Gasteiger partial charge on any atom is -0.487 e. The molecule has 0 radical (unpaired) electrons. The Balaban J connectivity index is 1.34. The normalized spacial score (nSPS) is 11.0. The van der Waals surface area contributed by atoms with Gasteiger partial charge >= 0.3 is 0 Å². The number of ether oxygens (including phenoxy) is 2. The van der Waals surface area contributed by atoms with Crippen molar-refractivity contribution in [1.82, 2.24) is 14.9 Å². The predicted octanol–water partition coefficient (Wildman–Crippen LogP) is 5.08. The van der Waals surface area contributed by atoms with E-state index < -0.39 is 0 Å². The van der Waals surface area contributed by atoms with Crippen LogP contribution in [0.3, 0.4) is 0 Å². The summed E-state index contributed by atoms with van der Waals surface area (Å²) in [5.41, 5.74) is 6.28. The molecule has 160 valence electrons. The van der Waals surface area contributed by atoms with Gasteiger partial charge in [-0.2, -0.15) is 5.10 Å². The van der Waals surface area contributed by atoms with Gasteiger partial charge in [0.05, 0.1) is 0 Å². The van der Waals surface area contributed by atoms with Crippen molar-refractivity contribution in [1.29, 1.82) is 0 Å². The summed E-state index contributed by atoms with van der Waals surface area (Å²) >= 11 is 0. The molecule has 0 aliphatic carbocycles. The average Bonchev–Trinajstić information content (AvgIpc) is 3.32. The Bertz CT molecular complexity index is 1160. The van der Waals surface area contributed by atoms with Crippen LogP contribution in [0.15, 0.2) is 59.1 Å². The van der Waals surface area contributed by atoms with Crippen LogP contribution in [-0.2, 0) is 26.7 Å². The Morgan fingerprint density at radius 1 is 0.871 bits per heavy atom. The van der Waals surface area contributed by atoms with Crippen LogP contribution in [0, 0.1) is 20.8 Å². The summed E-state index contributed by atoms with van der Waals surface area (Å²) in [6, 6.07) is 18.0. The molecule has 0 amide bonds. The van der Waals surface area contributed by atoms with Gasteiger partial charge in [0.25, 0.3) is 0 Å². The van der Waals surface area contributed by atoms with Gasteiger partial charge in [0.15, 0.2) is 0 Å². The molecule has 0 spiro atoms. The second kappa shape index (κ2) is 9.08. The van der Waals surface area contributed by atoms with Gasteiger partial charge in [0, 0.05) is 25.2 Å². The molecular weight excluding hydrogens is 390 g/mol. The summed E-state index contributed by atoms with van der Waals surface area (Å²) in [6.07, 6.45) is 0.670. The average molecular weight is 418 g/mol. The third-order valence-corrected chi connectivity index (χ3v) is 5.21. The van der Waals surface area contributed by atoms with E-state index in [0.29, 0.717) is 19.6 Å². The van der Waals surface area contributed by atoms with E-state index in [2.05, 4.69) is 23.2 Å². The monoisotopic (exact) mass is 417 g/mol. The van der Waals surface area contributed by atoms with Crippen molar-refractivity contribution in [2.45, 2.75) is 40.4 Å². The summed E-state index contributed by atoms with van der Waals surface area (Å²) in [4.78, 5) is 0. The molecule has 31 heavy (non-hydrogen) atoms. The number of rotatable bonds is 8. The molecule has 2 aromatic carbocycles. The van der Waals surface area contributed by atoms with Gasteiger partial charge in [-0.15, -0.1) is 0 Å². The number of aromatic nitrogens is 3. The van der Waals surface area contributed by atoms with Crippen LogP contribution in [0.2, 0.25) is 0 Å². The van der Waals surface area contributed by atoms with E-state index >= 15 is 0 Å². The van der Waals surface area contributed by atoms with Crippen LogP contribution in [0.25, 0.3) is 0 Å². The summed E-state index contributed by atoms with van der Waals surface area (Å²) in [5, 5.41) is 8.56. The highest BCUT2D eigenvalue weighted by Gasteiger charge is 2.10. The minimum absolute atomic E-state index is 0.381. The molecule has 0 atom stereocenters. The number of nitrogens with zero attached hydrogens (tertiary/aromatic N) is 3. The van der Waals surface area contributed by atoms with Gasteiger partial charge in [-0.3, -0.25) is 4.68 Å². The van der Waals surface area contributed by atoms with E-state index in [0.717, 1.165) is 45.5 Å². The van der Waals surface area contributed by atoms with Crippen molar-refractivity contribution in [2.24, 2.45) is 7.05 Å². The molecule has 2 aromatic heterocycles. The van der Waals surface area contributed by atoms with Crippen molar-refractivity contribution in [3.05, 3.63) is 94.1 Å². The molecule has 4 aromatic rings. The molecule has 6 heteroatoms. The van der Waals surface area contributed by atoms with E-state index in [1.54, 1.807) is 0 Å². The summed E-state index contributed by atoms with van der Waals surface area (Å²) < 4.78 is 19.1. The molecule has 6 nitrogen and oxygen atoms in total. The highest BCUT2D eigenvalue weighted by atomic mass is 16.5. The molecule has 0 aliphatic heterocycles. The van der Waals surface area contributed by atoms with Crippen molar-refractivity contribution in [3.8, 4) is 11.5 Å². The number of hydrogen-bond donors (Lipinski definition) is 0. The molecule has 2 heterocycles. The zero-order chi connectivity index (χ0) is 21.8. The summed E-state index contributed by atoms with van der Waals surface area (Å²) in [7, 11) is 1.93. The predicted molar refractivity (Wildman–Crippen MR) is 118 cm³/mol. The lowest BCUT2D eigenvalue weighted by Crippen LogP contribution is -1.99. The minimum atomic E-state index is 0.381. The Morgan fingerprint density at radius 3 is 2.35 bits per heavy atom. The Morgan fingerprint density at radius 2 is 1.65 bits per heavy atom. The van der Waals surface area contributed by atoms with Gasteiger partial charge < -0.3 is 14.0 Å². The molecule has 0 fully saturated rings. The maximum Gasteiger partial charge on any atom is 0.141 e. The van der Waals surface area contributed by atoms with Gasteiger partial charge in [-0.05, 0) is 67.8 Å². The molecule has 0 saturated heterocycles. The van der Waals surface area contributed by atoms with Crippen LogP contribution < -0.4 is 9.47 Å². The van der Waals surface area contributed by atoms with E-state index in [-0.39, 0.29) is 0 Å². The third-order valence-electron chi connectivity index (χ3n) is 5.21. The standard InChI is InChI=1S/C25H27N3O3/c1-17-6-5-7-23(10-17)30-16-22-14-25(31-27-22)13-20-8-9-24(11-18(20)2)29-15-21-12-19(3)28(4)26-21/h5-12,14H,13,15-16H2,1-4H3. The maximum atomic E-state index is 5.90. The molecule has 0 unspecified atom stereocenters. The summed E-state index contributed by atoms with van der Waals surface area (Å²) in [6.45, 7) is 6.97. The largest absolute Gasteiger partial charge is 0.487 e. The molecular formula is C25H27N3O3. The first-order chi connectivity index (χ1) is 15.0. The Hall–Kier alpha value is -3.54. The smallest absolute Gasteiger partial charge is 0.141 e. The van der Waals surface area contributed by atoms with Crippen LogP contribution in [0.4, 0.5) is 0 Å². The molecule has 0 saturated carbocycles. The fourth-order valence-corrected chi connectivity index (χ4v) is 3.38. The Labute approximate surface area is 182 Å². The maximum absolute atomic E-state index is 5.90. The number of hydrogen-bond acceptors (Lipinski definition) is 5. The lowest BCUT2D eigenvalue weighted by atomic mass is 10.0. The lowest BCUT2D eigenvalue weighted by Gasteiger charge is -2.08. The highest BCUT2D eigenvalue weighted by molar-refractivity contribution is 5.37. The second-order valence-corrected chi connectivity index (χ2v) is 7.84. The van der Waals surface area contributed by atoms with Gasteiger partial charge in [-0.25, -0.2) is 0 Å². The van der Waals surface area contributed by atoms with Gasteiger partial charge in [-0.1, -0.05) is 23.4 Å². The van der Waals surface area contributed by atoms with Crippen molar-refractivity contribution in [2.75, 3.05) is 0 Å². The van der Waals surface area contributed by atoms with Crippen molar-refractivity contribution in [3.63, 3.8) is 0 Å². The molecule has 0 N–H and O–H groups in total. The van der Waals surface area contributed by atoms with Crippen molar-refractivity contribution < 1.29 is 14.0 Å². The van der Waals surface area contributed by atoms with E-state index in [4.69, 9.17) is 14.0 Å². The second-order valence-electron chi connectivity index (χ2n) is 7.84. The molecule has 0 aliphatic rings. The highest BCUT2D eigenvalue weighted by Crippen LogP contribution is 2.22. The zero-order valence-corrected chi connectivity index (χ0v) is 18.4. The topological polar surface area (TPSA) is 62.3 Å². The SMILES string of the molecule is Cc1cccc(OCc2cc(Cc3ccc(OCc4cc(C)n(C)n4)cc3C)on2)c1. The van der Waals surface area contributed by atoms with E-state index in [9.17, 15) is 0 Å². The zero-order valence-electron chi connectivity index (χ0n) is 18.4. The number of benzene rings is 2. The summed E-state index contributed by atoms with van der Waals surface area (Å²) in [5.74, 6) is 2.47. The van der Waals surface area contributed by atoms with Crippen molar-refractivity contribution >= 4 is 0 Å². The van der Waals surface area contributed by atoms with Crippen LogP contribution in [0.5, 0.6) is 11.5 Å². The first-order valence-corrected chi connectivity index (χ1v) is 10.3. The quantitative estimate of drug-likeness (QED) is 0.400.